The lowest BCUT2D eigenvalue weighted by molar-refractivity contribution is 0.670. The van der Waals surface area contributed by atoms with Crippen LogP contribution >= 0.6 is 0 Å². The van der Waals surface area contributed by atoms with Crippen molar-refractivity contribution in [1.29, 1.82) is 0 Å². The van der Waals surface area contributed by atoms with Crippen molar-refractivity contribution in [3.05, 3.63) is 158 Å². The largest absolute Gasteiger partial charge is 0.455 e. The summed E-state index contributed by atoms with van der Waals surface area (Å²) in [5, 5.41) is 9.74. The van der Waals surface area contributed by atoms with Gasteiger partial charge in [-0.3, -0.25) is 0 Å². The van der Waals surface area contributed by atoms with Crippen molar-refractivity contribution < 1.29 is 4.42 Å². The van der Waals surface area contributed by atoms with Crippen molar-refractivity contribution in [2.24, 2.45) is 0 Å². The molecule has 0 fully saturated rings. The molecule has 0 atom stereocenters. The monoisotopic (exact) mass is 546 g/mol. The Balaban J connectivity index is 1.37. The van der Waals surface area contributed by atoms with Gasteiger partial charge < -0.3 is 4.42 Å². The minimum absolute atomic E-state index is 0.915. The summed E-state index contributed by atoms with van der Waals surface area (Å²) in [7, 11) is 0. The molecule has 0 radical (unpaired) electrons. The molecular weight excluding hydrogens is 520 g/mol. The Morgan fingerprint density at radius 1 is 0.302 bits per heavy atom. The first-order chi connectivity index (χ1) is 21.3. The molecule has 1 aromatic heterocycles. The third-order valence-corrected chi connectivity index (χ3v) is 8.82. The minimum atomic E-state index is 0.915. The molecule has 0 N–H and O–H groups in total. The number of hydrogen-bond acceptors (Lipinski definition) is 1. The lowest BCUT2D eigenvalue weighted by Crippen LogP contribution is -1.91. The molecule has 0 spiro atoms. The van der Waals surface area contributed by atoms with Gasteiger partial charge in [-0.05, 0) is 78.3 Å². The predicted octanol–water partition coefficient (Wildman–Crippen LogP) is 12.0. The van der Waals surface area contributed by atoms with Crippen LogP contribution in [0.5, 0.6) is 0 Å². The van der Waals surface area contributed by atoms with Gasteiger partial charge in [0.15, 0.2) is 0 Å². The summed E-state index contributed by atoms with van der Waals surface area (Å²) in [5.41, 5.74) is 9.11. The second-order valence-corrected chi connectivity index (χ2v) is 11.2. The van der Waals surface area contributed by atoms with E-state index in [0.29, 0.717) is 0 Å². The van der Waals surface area contributed by atoms with Crippen LogP contribution in [0.4, 0.5) is 0 Å². The molecule has 0 saturated heterocycles. The smallest absolute Gasteiger partial charge is 0.143 e. The molecule has 8 aromatic carbocycles. The van der Waals surface area contributed by atoms with Gasteiger partial charge in [-0.2, -0.15) is 0 Å². The van der Waals surface area contributed by atoms with Crippen LogP contribution in [0, 0.1) is 0 Å². The van der Waals surface area contributed by atoms with Crippen LogP contribution in [0.1, 0.15) is 0 Å². The van der Waals surface area contributed by atoms with Crippen molar-refractivity contribution in [2.45, 2.75) is 0 Å². The molecule has 43 heavy (non-hydrogen) atoms. The summed E-state index contributed by atoms with van der Waals surface area (Å²) in [6.07, 6.45) is 0. The number of para-hydroxylation sites is 1. The fourth-order valence-electron chi connectivity index (χ4n) is 6.99. The molecule has 0 aliphatic heterocycles. The third-order valence-electron chi connectivity index (χ3n) is 8.82. The highest BCUT2D eigenvalue weighted by molar-refractivity contribution is 6.22. The molecule has 0 aliphatic carbocycles. The summed E-state index contributed by atoms with van der Waals surface area (Å²) < 4.78 is 6.60. The van der Waals surface area contributed by atoms with Crippen molar-refractivity contribution in [3.63, 3.8) is 0 Å². The molecule has 1 heteroatoms. The van der Waals surface area contributed by atoms with Crippen molar-refractivity contribution in [1.82, 2.24) is 0 Å². The van der Waals surface area contributed by atoms with Crippen LogP contribution in [0.15, 0.2) is 162 Å². The van der Waals surface area contributed by atoms with Crippen LogP contribution in [-0.2, 0) is 0 Å². The van der Waals surface area contributed by atoms with Crippen LogP contribution in [-0.4, -0.2) is 0 Å². The second kappa shape index (κ2) is 9.44. The van der Waals surface area contributed by atoms with Gasteiger partial charge in [0.05, 0.1) is 0 Å². The van der Waals surface area contributed by atoms with Gasteiger partial charge in [0, 0.05) is 16.3 Å². The molecule has 0 saturated carbocycles. The Kier molecular flexibility index (Phi) is 5.27. The van der Waals surface area contributed by atoms with Crippen molar-refractivity contribution in [2.75, 3.05) is 0 Å². The Morgan fingerprint density at radius 2 is 0.791 bits per heavy atom. The van der Waals surface area contributed by atoms with Gasteiger partial charge in [0.25, 0.3) is 0 Å². The zero-order chi connectivity index (χ0) is 28.3. The molecule has 0 amide bonds. The quantitative estimate of drug-likeness (QED) is 0.201. The Bertz CT molecular complexity index is 2440. The minimum Gasteiger partial charge on any atom is -0.455 e. The zero-order valence-electron chi connectivity index (χ0n) is 23.4. The Labute approximate surface area is 249 Å². The maximum atomic E-state index is 6.60. The SMILES string of the molecule is c1ccc(-c2c3ccccc3c(-c3cccc(-c4c5ccccc5cc5c4oc4ccccc45)c3)c3ccccc23)cc1. The predicted molar refractivity (Wildman–Crippen MR) is 183 cm³/mol. The van der Waals surface area contributed by atoms with E-state index >= 15 is 0 Å². The van der Waals surface area contributed by atoms with Crippen molar-refractivity contribution >= 4 is 54.3 Å². The molecule has 0 aliphatic rings. The first-order valence-corrected chi connectivity index (χ1v) is 14.8. The summed E-state index contributed by atoms with van der Waals surface area (Å²) in [6, 6.07) is 56.7. The fraction of sp³-hybridized carbons (Fsp3) is 0. The second-order valence-electron chi connectivity index (χ2n) is 11.2. The first kappa shape index (κ1) is 24.0. The van der Waals surface area contributed by atoms with Crippen LogP contribution in [0.25, 0.3) is 87.6 Å². The van der Waals surface area contributed by atoms with Gasteiger partial charge in [-0.15, -0.1) is 0 Å². The van der Waals surface area contributed by atoms with Gasteiger partial charge in [-0.1, -0.05) is 140 Å². The van der Waals surface area contributed by atoms with Gasteiger partial charge in [0.1, 0.15) is 11.2 Å². The number of fused-ring (bicyclic) bond motifs is 6. The molecule has 9 rings (SSSR count). The topological polar surface area (TPSA) is 13.1 Å². The number of rotatable bonds is 3. The summed E-state index contributed by atoms with van der Waals surface area (Å²) >= 11 is 0. The van der Waals surface area contributed by atoms with Gasteiger partial charge >= 0.3 is 0 Å². The lowest BCUT2D eigenvalue weighted by atomic mass is 9.85. The molecule has 9 aromatic rings. The molecule has 0 bridgehead atoms. The summed E-state index contributed by atoms with van der Waals surface area (Å²) in [5.74, 6) is 0. The molecule has 200 valence electrons. The Morgan fingerprint density at radius 3 is 1.47 bits per heavy atom. The Hall–Kier alpha value is -5.66. The van der Waals surface area contributed by atoms with E-state index in [-0.39, 0.29) is 0 Å². The van der Waals surface area contributed by atoms with Crippen LogP contribution in [0.2, 0.25) is 0 Å². The molecule has 1 heterocycles. The summed E-state index contributed by atoms with van der Waals surface area (Å²) in [6.45, 7) is 0. The number of furan rings is 1. The van der Waals surface area contributed by atoms with E-state index < -0.39 is 0 Å². The van der Waals surface area contributed by atoms with Gasteiger partial charge in [-0.25, -0.2) is 0 Å². The highest BCUT2D eigenvalue weighted by Gasteiger charge is 2.19. The van der Waals surface area contributed by atoms with E-state index in [4.69, 9.17) is 4.42 Å². The molecule has 1 nitrogen and oxygen atoms in total. The highest BCUT2D eigenvalue weighted by Crippen LogP contribution is 2.46. The average molecular weight is 547 g/mol. The number of benzene rings is 8. The van der Waals surface area contributed by atoms with Gasteiger partial charge in [0.2, 0.25) is 0 Å². The van der Waals surface area contributed by atoms with E-state index in [1.165, 1.54) is 54.6 Å². The third kappa shape index (κ3) is 3.65. The van der Waals surface area contributed by atoms with Crippen LogP contribution < -0.4 is 0 Å². The lowest BCUT2D eigenvalue weighted by Gasteiger charge is -2.18. The van der Waals surface area contributed by atoms with E-state index in [1.807, 2.05) is 6.07 Å². The average Bonchev–Trinajstić information content (AvgIpc) is 3.44. The number of hydrogen-bond donors (Lipinski definition) is 0. The van der Waals surface area contributed by atoms with E-state index in [2.05, 4.69) is 152 Å². The highest BCUT2D eigenvalue weighted by atomic mass is 16.3. The zero-order valence-corrected chi connectivity index (χ0v) is 23.4. The van der Waals surface area contributed by atoms with E-state index in [0.717, 1.165) is 33.1 Å². The molecule has 0 unspecified atom stereocenters. The van der Waals surface area contributed by atoms with E-state index in [1.54, 1.807) is 0 Å². The standard InChI is InChI=1S/C42H26O/c1-2-13-27(14-3-1)39-33-20-6-8-22-35(33)40(36-23-9-7-21-34(36)39)29-16-12-17-30(25-29)41-31-18-5-4-15-28(31)26-37-32-19-10-11-24-38(32)43-42(37)41/h1-26H. The first-order valence-electron chi connectivity index (χ1n) is 14.8. The fourth-order valence-corrected chi connectivity index (χ4v) is 6.99. The normalized spacial score (nSPS) is 11.7. The molecular formula is C42H26O. The van der Waals surface area contributed by atoms with Crippen molar-refractivity contribution in [3.8, 4) is 33.4 Å². The van der Waals surface area contributed by atoms with Crippen LogP contribution in [0.3, 0.4) is 0 Å². The maximum Gasteiger partial charge on any atom is 0.143 e. The summed E-state index contributed by atoms with van der Waals surface area (Å²) in [4.78, 5) is 0. The maximum absolute atomic E-state index is 6.60. The van der Waals surface area contributed by atoms with E-state index in [9.17, 15) is 0 Å².